The molecule has 7 atom stereocenters. The van der Waals surface area contributed by atoms with Crippen LogP contribution in [0.3, 0.4) is 0 Å². The highest BCUT2D eigenvalue weighted by molar-refractivity contribution is 7.47. The zero-order chi connectivity index (χ0) is 56.6. The molecule has 0 heterocycles. The van der Waals surface area contributed by atoms with Gasteiger partial charge in [-0.25, -0.2) is 9.13 Å². The van der Waals surface area contributed by atoms with Gasteiger partial charge in [0.2, 0.25) is 0 Å². The molecule has 4 unspecified atom stereocenters. The zero-order valence-corrected chi connectivity index (χ0v) is 50.3. The average Bonchev–Trinajstić information content (AvgIpc) is 3.39. The van der Waals surface area contributed by atoms with Crippen molar-refractivity contribution < 1.29 is 80.2 Å². The van der Waals surface area contributed by atoms with E-state index in [1.165, 1.54) is 70.6 Å². The lowest BCUT2D eigenvalue weighted by Gasteiger charge is -2.21. The number of carbonyl (C=O) groups is 4. The van der Waals surface area contributed by atoms with Gasteiger partial charge >= 0.3 is 39.5 Å². The van der Waals surface area contributed by atoms with Gasteiger partial charge in [0.15, 0.2) is 12.2 Å². The van der Waals surface area contributed by atoms with Crippen LogP contribution in [0.1, 0.15) is 273 Å². The number of carbonyl (C=O) groups excluding carboxylic acids is 4. The van der Waals surface area contributed by atoms with Crippen molar-refractivity contribution in [3.8, 4) is 0 Å². The summed E-state index contributed by atoms with van der Waals surface area (Å²) in [6.07, 6.45) is 29.7. The maximum atomic E-state index is 12.9. The summed E-state index contributed by atoms with van der Waals surface area (Å²) in [4.78, 5) is 71.5. The molecule has 76 heavy (non-hydrogen) atoms. The number of unbranched alkanes of at least 4 members (excludes halogenated alkanes) is 24. The van der Waals surface area contributed by atoms with E-state index in [9.17, 15) is 43.2 Å². The van der Waals surface area contributed by atoms with Crippen molar-refractivity contribution in [1.82, 2.24) is 0 Å². The van der Waals surface area contributed by atoms with Crippen molar-refractivity contribution in [2.45, 2.75) is 291 Å². The summed E-state index contributed by atoms with van der Waals surface area (Å²) in [6.45, 7) is 9.30. The van der Waals surface area contributed by atoms with Crippen molar-refractivity contribution in [2.75, 3.05) is 39.6 Å². The van der Waals surface area contributed by atoms with E-state index in [1.54, 1.807) is 0 Å². The monoisotopic (exact) mass is 1130 g/mol. The maximum Gasteiger partial charge on any atom is 0.472 e. The van der Waals surface area contributed by atoms with Crippen molar-refractivity contribution in [2.24, 2.45) is 11.8 Å². The second-order valence-corrected chi connectivity index (χ2v) is 24.1. The number of rotatable bonds is 56. The molecular formula is C57H110O17P2. The van der Waals surface area contributed by atoms with E-state index in [4.69, 9.17) is 37.0 Å². The Kier molecular flexibility index (Phi) is 48.8. The molecule has 3 N–H and O–H groups in total. The van der Waals surface area contributed by atoms with Gasteiger partial charge in [0.05, 0.1) is 26.4 Å². The topological polar surface area (TPSA) is 237 Å². The summed E-state index contributed by atoms with van der Waals surface area (Å²) < 4.78 is 67.4. The fourth-order valence-electron chi connectivity index (χ4n) is 8.23. The fraction of sp³-hybridized carbons (Fsp3) is 0.930. The predicted octanol–water partition coefficient (Wildman–Crippen LogP) is 14.9. The zero-order valence-electron chi connectivity index (χ0n) is 48.5. The number of hydrogen-bond donors (Lipinski definition) is 3. The first-order chi connectivity index (χ1) is 36.4. The summed E-state index contributed by atoms with van der Waals surface area (Å²) in [6, 6.07) is 0. The van der Waals surface area contributed by atoms with Crippen LogP contribution < -0.4 is 0 Å². The molecular weight excluding hydrogens is 1020 g/mol. The molecule has 450 valence electrons. The van der Waals surface area contributed by atoms with Crippen LogP contribution in [0.25, 0.3) is 0 Å². The highest BCUT2D eigenvalue weighted by Gasteiger charge is 2.30. The van der Waals surface area contributed by atoms with Crippen LogP contribution >= 0.6 is 15.6 Å². The Balaban J connectivity index is 5.19. The highest BCUT2D eigenvalue weighted by Crippen LogP contribution is 2.45. The largest absolute Gasteiger partial charge is 0.472 e. The predicted molar refractivity (Wildman–Crippen MR) is 298 cm³/mol. The molecule has 0 aliphatic heterocycles. The maximum absolute atomic E-state index is 12.9. The van der Waals surface area contributed by atoms with E-state index in [2.05, 4.69) is 41.5 Å². The van der Waals surface area contributed by atoms with Crippen LogP contribution in [-0.2, 0) is 65.4 Å². The number of hydrogen-bond acceptors (Lipinski definition) is 15. The van der Waals surface area contributed by atoms with Gasteiger partial charge in [0.1, 0.15) is 19.3 Å². The molecule has 0 amide bonds. The summed E-state index contributed by atoms with van der Waals surface area (Å²) in [5.41, 5.74) is 0. The first-order valence-corrected chi connectivity index (χ1v) is 33.1. The number of phosphoric ester groups is 2. The SMILES string of the molecule is CCCCCCCCCC(=O)O[C@H](COC(=O)CCCCCCC)COP(=O)(O)OC[C@H](O)COP(=O)(O)OC[C@@H](COC(=O)CCCCCCCCCCC(C)CC)OC(=O)CCCCCCCCCCC(C)CC. The van der Waals surface area contributed by atoms with Gasteiger partial charge in [-0.2, -0.15) is 0 Å². The molecule has 19 heteroatoms. The van der Waals surface area contributed by atoms with Crippen LogP contribution in [0.2, 0.25) is 0 Å². The van der Waals surface area contributed by atoms with Crippen LogP contribution in [0.15, 0.2) is 0 Å². The third-order valence-electron chi connectivity index (χ3n) is 13.7. The Morgan fingerprint density at radius 1 is 0.368 bits per heavy atom. The Morgan fingerprint density at radius 3 is 0.934 bits per heavy atom. The van der Waals surface area contributed by atoms with E-state index in [0.29, 0.717) is 25.7 Å². The summed E-state index contributed by atoms with van der Waals surface area (Å²) in [5.74, 6) is -0.613. The molecule has 17 nitrogen and oxygen atoms in total. The molecule has 0 aromatic carbocycles. The lowest BCUT2D eigenvalue weighted by Crippen LogP contribution is -2.30. The van der Waals surface area contributed by atoms with E-state index in [1.807, 2.05) is 0 Å². The first-order valence-electron chi connectivity index (χ1n) is 30.1. The van der Waals surface area contributed by atoms with Gasteiger partial charge in [-0.05, 0) is 37.5 Å². The lowest BCUT2D eigenvalue weighted by atomic mass is 9.99. The van der Waals surface area contributed by atoms with Crippen molar-refractivity contribution >= 4 is 39.5 Å². The minimum absolute atomic E-state index is 0.102. The van der Waals surface area contributed by atoms with E-state index >= 15 is 0 Å². The Morgan fingerprint density at radius 2 is 0.632 bits per heavy atom. The van der Waals surface area contributed by atoms with Gasteiger partial charge in [-0.3, -0.25) is 37.3 Å². The smallest absolute Gasteiger partial charge is 0.462 e. The van der Waals surface area contributed by atoms with Crippen LogP contribution in [0.4, 0.5) is 0 Å². The van der Waals surface area contributed by atoms with Gasteiger partial charge in [-0.1, -0.05) is 221 Å². The molecule has 0 aliphatic rings. The van der Waals surface area contributed by atoms with Crippen molar-refractivity contribution in [3.05, 3.63) is 0 Å². The van der Waals surface area contributed by atoms with E-state index < -0.39 is 97.5 Å². The molecule has 0 rings (SSSR count). The Labute approximate surface area is 460 Å². The van der Waals surface area contributed by atoms with Gasteiger partial charge in [0, 0.05) is 25.7 Å². The summed E-state index contributed by atoms with van der Waals surface area (Å²) >= 11 is 0. The first kappa shape index (κ1) is 74.1. The standard InChI is InChI=1S/C57H110O17P2/c1-7-11-13-15-20-29-35-41-56(61)73-52(45-67-54(59)39-33-25-14-12-8-2)47-71-75(63,64)69-43-51(58)44-70-76(65,66)72-48-53(74-57(62)42-36-30-24-19-17-22-27-32-38-50(6)10-4)46-68-55(60)40-34-28-23-18-16-21-26-31-37-49(5)9-3/h49-53,58H,7-48H2,1-6H3,(H,63,64)(H,65,66)/t49?,50?,51-,52+,53+/m0/s1. The summed E-state index contributed by atoms with van der Waals surface area (Å²) in [5, 5.41) is 10.5. The molecule has 0 spiro atoms. The number of aliphatic hydroxyl groups is 1. The third-order valence-corrected chi connectivity index (χ3v) is 15.6. The second-order valence-electron chi connectivity index (χ2n) is 21.2. The Bertz CT molecular complexity index is 1520. The molecule has 0 fully saturated rings. The highest BCUT2D eigenvalue weighted by atomic mass is 31.2. The van der Waals surface area contributed by atoms with Crippen molar-refractivity contribution in [3.63, 3.8) is 0 Å². The average molecular weight is 1130 g/mol. The second kappa shape index (κ2) is 50.1. The molecule has 0 aromatic rings. The number of phosphoric acid groups is 2. The molecule has 0 saturated heterocycles. The van der Waals surface area contributed by atoms with Crippen LogP contribution in [-0.4, -0.2) is 96.7 Å². The molecule has 0 aromatic heterocycles. The molecule has 0 saturated carbocycles. The quantitative estimate of drug-likeness (QED) is 0.0222. The number of aliphatic hydroxyl groups excluding tert-OH is 1. The van der Waals surface area contributed by atoms with Crippen LogP contribution in [0.5, 0.6) is 0 Å². The molecule has 0 bridgehead atoms. The lowest BCUT2D eigenvalue weighted by molar-refractivity contribution is -0.161. The number of esters is 4. The van der Waals surface area contributed by atoms with E-state index in [0.717, 1.165) is 121 Å². The molecule has 0 radical (unpaired) electrons. The van der Waals surface area contributed by atoms with Gasteiger partial charge in [0.25, 0.3) is 0 Å². The van der Waals surface area contributed by atoms with Gasteiger partial charge in [-0.15, -0.1) is 0 Å². The van der Waals surface area contributed by atoms with E-state index in [-0.39, 0.29) is 25.7 Å². The number of ether oxygens (including phenoxy) is 4. The van der Waals surface area contributed by atoms with Crippen LogP contribution in [0, 0.1) is 11.8 Å². The minimum atomic E-state index is -4.94. The molecule has 0 aliphatic carbocycles. The minimum Gasteiger partial charge on any atom is -0.462 e. The Hall–Kier alpha value is -1.94. The summed E-state index contributed by atoms with van der Waals surface area (Å²) in [7, 11) is -9.86. The normalized spacial score (nSPS) is 15.2. The third kappa shape index (κ3) is 49.1. The van der Waals surface area contributed by atoms with Gasteiger partial charge < -0.3 is 33.8 Å². The van der Waals surface area contributed by atoms with Crippen molar-refractivity contribution in [1.29, 1.82) is 0 Å². The fourth-order valence-corrected chi connectivity index (χ4v) is 9.81.